The summed E-state index contributed by atoms with van der Waals surface area (Å²) in [6, 6.07) is 8.23. The Kier molecular flexibility index (Phi) is 3.49. The minimum atomic E-state index is -0.138. The van der Waals surface area contributed by atoms with Crippen LogP contribution in [0, 0.1) is 5.92 Å². The van der Waals surface area contributed by atoms with Crippen LogP contribution < -0.4 is 4.74 Å². The van der Waals surface area contributed by atoms with Crippen LogP contribution in [-0.2, 0) is 0 Å². The van der Waals surface area contributed by atoms with Crippen LogP contribution in [0.5, 0.6) is 5.75 Å². The maximum Gasteiger partial charge on any atom is 0.118 e. The third-order valence-corrected chi connectivity index (χ3v) is 3.74. The number of hydrogen-bond acceptors (Lipinski definition) is 2. The lowest BCUT2D eigenvalue weighted by Crippen LogP contribution is -2.26. The van der Waals surface area contributed by atoms with Crippen molar-refractivity contribution in [1.82, 2.24) is 0 Å². The largest absolute Gasteiger partial charge is 0.497 e. The lowest BCUT2D eigenvalue weighted by atomic mass is 9.78. The molecule has 3 atom stereocenters. The zero-order valence-electron chi connectivity index (χ0n) is 10.0. The molecule has 1 fully saturated rings. The van der Waals surface area contributed by atoms with Crippen LogP contribution >= 0.6 is 0 Å². The molecule has 0 radical (unpaired) electrons. The van der Waals surface area contributed by atoms with Gasteiger partial charge in [0.05, 0.1) is 13.2 Å². The first-order valence-corrected chi connectivity index (χ1v) is 6.02. The topological polar surface area (TPSA) is 29.5 Å². The number of aliphatic hydroxyl groups excluding tert-OH is 1. The van der Waals surface area contributed by atoms with Crippen LogP contribution in [0.2, 0.25) is 0 Å². The third kappa shape index (κ3) is 2.38. The van der Waals surface area contributed by atoms with Crippen LogP contribution in [0.15, 0.2) is 24.3 Å². The Hall–Kier alpha value is -1.02. The lowest BCUT2D eigenvalue weighted by Gasteiger charge is -2.31. The van der Waals surface area contributed by atoms with Gasteiger partial charge < -0.3 is 9.84 Å². The summed E-state index contributed by atoms with van der Waals surface area (Å²) in [6.07, 6.45) is 3.07. The Bertz CT molecular complexity index is 331. The zero-order valence-corrected chi connectivity index (χ0v) is 10.0. The van der Waals surface area contributed by atoms with Gasteiger partial charge in [0, 0.05) is 0 Å². The van der Waals surface area contributed by atoms with Crippen molar-refractivity contribution in [1.29, 1.82) is 0 Å². The van der Waals surface area contributed by atoms with Crippen molar-refractivity contribution in [3.63, 3.8) is 0 Å². The molecule has 0 amide bonds. The summed E-state index contributed by atoms with van der Waals surface area (Å²) in [7, 11) is 1.68. The van der Waals surface area contributed by atoms with E-state index in [1.54, 1.807) is 7.11 Å². The normalized spacial score (nSPS) is 30.1. The van der Waals surface area contributed by atoms with Gasteiger partial charge in [-0.2, -0.15) is 0 Å². The SMILES string of the molecule is COc1ccc(C2CCC(C)C(O)C2)cc1. The van der Waals surface area contributed by atoms with Crippen LogP contribution in [-0.4, -0.2) is 18.3 Å². The van der Waals surface area contributed by atoms with Crippen LogP contribution in [0.3, 0.4) is 0 Å². The lowest BCUT2D eigenvalue weighted by molar-refractivity contribution is 0.0696. The van der Waals surface area contributed by atoms with Crippen molar-refractivity contribution >= 4 is 0 Å². The summed E-state index contributed by atoms with van der Waals surface area (Å²) in [4.78, 5) is 0. The van der Waals surface area contributed by atoms with Gasteiger partial charge >= 0.3 is 0 Å². The highest BCUT2D eigenvalue weighted by Crippen LogP contribution is 2.36. The summed E-state index contributed by atoms with van der Waals surface area (Å²) in [5, 5.41) is 9.89. The van der Waals surface area contributed by atoms with Gasteiger partial charge in [-0.25, -0.2) is 0 Å². The Balaban J connectivity index is 2.06. The van der Waals surface area contributed by atoms with Gasteiger partial charge in [-0.1, -0.05) is 19.1 Å². The summed E-state index contributed by atoms with van der Waals surface area (Å²) in [5.74, 6) is 1.86. The van der Waals surface area contributed by atoms with Crippen molar-refractivity contribution in [2.45, 2.75) is 38.2 Å². The molecule has 0 saturated heterocycles. The first kappa shape index (κ1) is 11.5. The highest BCUT2D eigenvalue weighted by molar-refractivity contribution is 5.29. The standard InChI is InChI=1S/C14H20O2/c1-10-3-4-12(9-14(10)15)11-5-7-13(16-2)8-6-11/h5-8,10,12,14-15H,3-4,9H2,1-2H3. The quantitative estimate of drug-likeness (QED) is 0.830. The van der Waals surface area contributed by atoms with Crippen LogP contribution in [0.25, 0.3) is 0 Å². The number of benzene rings is 1. The van der Waals surface area contributed by atoms with E-state index in [1.807, 2.05) is 12.1 Å². The fourth-order valence-corrected chi connectivity index (χ4v) is 2.48. The van der Waals surface area contributed by atoms with Crippen molar-refractivity contribution in [3.8, 4) is 5.75 Å². The molecule has 1 saturated carbocycles. The fourth-order valence-electron chi connectivity index (χ4n) is 2.48. The Morgan fingerprint density at radius 3 is 2.44 bits per heavy atom. The van der Waals surface area contributed by atoms with Gasteiger partial charge in [0.2, 0.25) is 0 Å². The average molecular weight is 220 g/mol. The molecule has 0 spiro atoms. The number of aliphatic hydroxyl groups is 1. The second kappa shape index (κ2) is 4.88. The van der Waals surface area contributed by atoms with Gasteiger partial charge in [-0.15, -0.1) is 0 Å². The molecule has 1 aliphatic carbocycles. The van der Waals surface area contributed by atoms with E-state index in [1.165, 1.54) is 12.0 Å². The Morgan fingerprint density at radius 1 is 1.19 bits per heavy atom. The van der Waals surface area contributed by atoms with Crippen molar-refractivity contribution in [2.75, 3.05) is 7.11 Å². The van der Waals surface area contributed by atoms with Crippen LogP contribution in [0.4, 0.5) is 0 Å². The molecule has 1 aromatic carbocycles. The number of ether oxygens (including phenoxy) is 1. The molecular weight excluding hydrogens is 200 g/mol. The second-order valence-electron chi connectivity index (χ2n) is 4.83. The Morgan fingerprint density at radius 2 is 1.88 bits per heavy atom. The third-order valence-electron chi connectivity index (χ3n) is 3.74. The zero-order chi connectivity index (χ0) is 11.5. The van der Waals surface area contributed by atoms with E-state index in [4.69, 9.17) is 4.74 Å². The van der Waals surface area contributed by atoms with Crippen molar-refractivity contribution < 1.29 is 9.84 Å². The molecule has 0 heterocycles. The highest BCUT2D eigenvalue weighted by atomic mass is 16.5. The van der Waals surface area contributed by atoms with E-state index in [0.29, 0.717) is 11.8 Å². The first-order chi connectivity index (χ1) is 7.70. The van der Waals surface area contributed by atoms with Gasteiger partial charge in [0.15, 0.2) is 0 Å². The summed E-state index contributed by atoms with van der Waals surface area (Å²) < 4.78 is 5.15. The molecule has 16 heavy (non-hydrogen) atoms. The number of rotatable bonds is 2. The maximum atomic E-state index is 9.89. The fraction of sp³-hybridized carbons (Fsp3) is 0.571. The molecule has 0 aliphatic heterocycles. The van der Waals surface area contributed by atoms with Gasteiger partial charge in [-0.3, -0.25) is 0 Å². The Labute approximate surface area is 97.3 Å². The minimum absolute atomic E-state index is 0.138. The first-order valence-electron chi connectivity index (χ1n) is 6.02. The van der Waals surface area contributed by atoms with E-state index >= 15 is 0 Å². The second-order valence-corrected chi connectivity index (χ2v) is 4.83. The van der Waals surface area contributed by atoms with Crippen LogP contribution in [0.1, 0.15) is 37.7 Å². The van der Waals surface area contributed by atoms with Gasteiger partial charge in [-0.05, 0) is 48.8 Å². The highest BCUT2D eigenvalue weighted by Gasteiger charge is 2.26. The summed E-state index contributed by atoms with van der Waals surface area (Å²) in [5.41, 5.74) is 1.33. The van der Waals surface area contributed by atoms with Crippen molar-refractivity contribution in [3.05, 3.63) is 29.8 Å². The molecular formula is C14H20O2. The maximum absolute atomic E-state index is 9.89. The minimum Gasteiger partial charge on any atom is -0.497 e. The number of hydrogen-bond donors (Lipinski definition) is 1. The molecule has 0 aromatic heterocycles. The van der Waals surface area contributed by atoms with E-state index in [0.717, 1.165) is 18.6 Å². The van der Waals surface area contributed by atoms with Gasteiger partial charge in [0.1, 0.15) is 5.75 Å². The molecule has 1 N–H and O–H groups in total. The molecule has 1 aromatic rings. The molecule has 2 rings (SSSR count). The van der Waals surface area contributed by atoms with Gasteiger partial charge in [0.25, 0.3) is 0 Å². The molecule has 3 unspecified atom stereocenters. The predicted octanol–water partition coefficient (Wildman–Crippen LogP) is 2.96. The average Bonchev–Trinajstić information content (AvgIpc) is 2.33. The molecule has 2 heteroatoms. The van der Waals surface area contributed by atoms with E-state index < -0.39 is 0 Å². The van der Waals surface area contributed by atoms with E-state index in [-0.39, 0.29) is 6.10 Å². The van der Waals surface area contributed by atoms with E-state index in [9.17, 15) is 5.11 Å². The molecule has 0 bridgehead atoms. The summed E-state index contributed by atoms with van der Waals surface area (Å²) in [6.45, 7) is 2.13. The number of methoxy groups -OCH3 is 1. The van der Waals surface area contributed by atoms with Crippen molar-refractivity contribution in [2.24, 2.45) is 5.92 Å². The monoisotopic (exact) mass is 220 g/mol. The van der Waals surface area contributed by atoms with E-state index in [2.05, 4.69) is 19.1 Å². The smallest absolute Gasteiger partial charge is 0.118 e. The summed E-state index contributed by atoms with van der Waals surface area (Å²) >= 11 is 0. The molecule has 88 valence electrons. The molecule has 1 aliphatic rings. The predicted molar refractivity (Wildman–Crippen MR) is 64.8 cm³/mol. The molecule has 2 nitrogen and oxygen atoms in total.